The Labute approximate surface area is 104 Å². The summed E-state index contributed by atoms with van der Waals surface area (Å²) in [7, 11) is 0. The van der Waals surface area contributed by atoms with Crippen LogP contribution in [-0.4, -0.2) is 14.9 Å². The second-order valence-electron chi connectivity index (χ2n) is 4.10. The van der Waals surface area contributed by atoms with E-state index in [2.05, 4.69) is 5.10 Å². The van der Waals surface area contributed by atoms with Crippen LogP contribution in [-0.2, 0) is 6.54 Å². The van der Waals surface area contributed by atoms with Gasteiger partial charge in [-0.3, -0.25) is 4.68 Å². The van der Waals surface area contributed by atoms with Crippen LogP contribution in [0.1, 0.15) is 30.0 Å². The Hall–Kier alpha value is -1.75. The summed E-state index contributed by atoms with van der Waals surface area (Å²) in [5, 5.41) is 14.4. The summed E-state index contributed by atoms with van der Waals surface area (Å²) in [5.74, 6) is -1.89. The van der Waals surface area contributed by atoms with Gasteiger partial charge in [-0.25, -0.2) is 8.78 Å². The average molecular weight is 252 g/mol. The lowest BCUT2D eigenvalue weighted by Gasteiger charge is -2.12. The molecule has 5 heteroatoms. The molecular formula is C13H14F2N2O. The van der Waals surface area contributed by atoms with Crippen LogP contribution in [0.15, 0.2) is 24.3 Å². The fourth-order valence-corrected chi connectivity index (χ4v) is 1.89. The van der Waals surface area contributed by atoms with Crippen molar-refractivity contribution in [2.45, 2.75) is 26.5 Å². The molecule has 1 N–H and O–H groups in total. The van der Waals surface area contributed by atoms with E-state index in [0.717, 1.165) is 17.8 Å². The molecule has 96 valence electrons. The van der Waals surface area contributed by atoms with E-state index in [-0.39, 0.29) is 0 Å². The van der Waals surface area contributed by atoms with Gasteiger partial charge in [-0.05, 0) is 37.6 Å². The van der Waals surface area contributed by atoms with Crippen LogP contribution in [0.4, 0.5) is 8.78 Å². The highest BCUT2D eigenvalue weighted by Crippen LogP contribution is 2.24. The molecule has 0 amide bonds. The first-order valence-corrected chi connectivity index (χ1v) is 5.70. The van der Waals surface area contributed by atoms with E-state index in [1.165, 1.54) is 6.07 Å². The van der Waals surface area contributed by atoms with E-state index in [0.29, 0.717) is 17.8 Å². The van der Waals surface area contributed by atoms with Gasteiger partial charge in [-0.1, -0.05) is 6.07 Å². The van der Waals surface area contributed by atoms with Crippen molar-refractivity contribution in [1.82, 2.24) is 9.78 Å². The fourth-order valence-electron chi connectivity index (χ4n) is 1.89. The summed E-state index contributed by atoms with van der Waals surface area (Å²) in [6.45, 7) is 4.31. The molecule has 18 heavy (non-hydrogen) atoms. The molecule has 1 atom stereocenters. The van der Waals surface area contributed by atoms with E-state index < -0.39 is 17.7 Å². The Bertz CT molecular complexity index is 566. The molecule has 0 aliphatic heterocycles. The Kier molecular flexibility index (Phi) is 3.43. The van der Waals surface area contributed by atoms with E-state index in [1.807, 2.05) is 13.8 Å². The third kappa shape index (κ3) is 2.26. The van der Waals surface area contributed by atoms with Gasteiger partial charge in [0.15, 0.2) is 11.6 Å². The van der Waals surface area contributed by atoms with Gasteiger partial charge < -0.3 is 5.11 Å². The number of halogens is 2. The minimum atomic E-state index is -1.01. The molecular weight excluding hydrogens is 238 g/mol. The summed E-state index contributed by atoms with van der Waals surface area (Å²) >= 11 is 0. The number of aryl methyl sites for hydroxylation is 2. The van der Waals surface area contributed by atoms with Crippen molar-refractivity contribution < 1.29 is 13.9 Å². The number of benzene rings is 1. The van der Waals surface area contributed by atoms with Gasteiger partial charge in [0.25, 0.3) is 0 Å². The maximum absolute atomic E-state index is 13.1. The van der Waals surface area contributed by atoms with Gasteiger partial charge in [0.05, 0.1) is 11.4 Å². The predicted molar refractivity (Wildman–Crippen MR) is 63.1 cm³/mol. The predicted octanol–water partition coefficient (Wildman–Crippen LogP) is 2.57. The topological polar surface area (TPSA) is 38.0 Å². The third-order valence-corrected chi connectivity index (χ3v) is 2.77. The van der Waals surface area contributed by atoms with Crippen molar-refractivity contribution in [2.24, 2.45) is 0 Å². The number of rotatable bonds is 3. The fraction of sp³-hybridized carbons (Fsp3) is 0.308. The monoisotopic (exact) mass is 252 g/mol. The lowest BCUT2D eigenvalue weighted by atomic mass is 10.1. The van der Waals surface area contributed by atoms with Crippen LogP contribution in [0.3, 0.4) is 0 Å². The lowest BCUT2D eigenvalue weighted by molar-refractivity contribution is 0.207. The zero-order chi connectivity index (χ0) is 13.3. The molecule has 1 aromatic carbocycles. The minimum Gasteiger partial charge on any atom is -0.382 e. The highest BCUT2D eigenvalue weighted by atomic mass is 19.2. The van der Waals surface area contributed by atoms with Crippen molar-refractivity contribution in [3.63, 3.8) is 0 Å². The first-order chi connectivity index (χ1) is 8.52. The summed E-state index contributed by atoms with van der Waals surface area (Å²) in [6.07, 6.45) is -1.01. The van der Waals surface area contributed by atoms with Crippen molar-refractivity contribution in [3.8, 4) is 0 Å². The first-order valence-electron chi connectivity index (χ1n) is 5.70. The third-order valence-electron chi connectivity index (χ3n) is 2.77. The van der Waals surface area contributed by atoms with E-state index in [9.17, 15) is 13.9 Å². The van der Waals surface area contributed by atoms with Crippen molar-refractivity contribution >= 4 is 0 Å². The molecule has 0 aliphatic carbocycles. The molecule has 0 saturated carbocycles. The minimum absolute atomic E-state index is 0.309. The molecule has 1 unspecified atom stereocenters. The van der Waals surface area contributed by atoms with E-state index >= 15 is 0 Å². The van der Waals surface area contributed by atoms with Crippen LogP contribution in [0.2, 0.25) is 0 Å². The molecule has 0 saturated heterocycles. The largest absolute Gasteiger partial charge is 0.382 e. The smallest absolute Gasteiger partial charge is 0.159 e. The SMILES string of the molecule is CCn1nc(C)cc1C(O)c1ccc(F)c(F)c1. The quantitative estimate of drug-likeness (QED) is 0.911. The van der Waals surface area contributed by atoms with Crippen molar-refractivity contribution in [3.05, 3.63) is 52.9 Å². The maximum Gasteiger partial charge on any atom is 0.159 e. The summed E-state index contributed by atoms with van der Waals surface area (Å²) < 4.78 is 27.6. The molecule has 2 rings (SSSR count). The van der Waals surface area contributed by atoms with E-state index in [1.54, 1.807) is 10.7 Å². The zero-order valence-corrected chi connectivity index (χ0v) is 10.2. The van der Waals surface area contributed by atoms with Crippen LogP contribution in [0.25, 0.3) is 0 Å². The summed E-state index contributed by atoms with van der Waals surface area (Å²) in [4.78, 5) is 0. The maximum atomic E-state index is 13.1. The van der Waals surface area contributed by atoms with Crippen molar-refractivity contribution in [2.75, 3.05) is 0 Å². The number of nitrogens with zero attached hydrogens (tertiary/aromatic N) is 2. The number of aliphatic hydroxyl groups is 1. The second kappa shape index (κ2) is 4.86. The Morgan fingerprint density at radius 1 is 1.28 bits per heavy atom. The molecule has 1 heterocycles. The Morgan fingerprint density at radius 2 is 2.00 bits per heavy atom. The van der Waals surface area contributed by atoms with Gasteiger partial charge in [0.1, 0.15) is 6.10 Å². The second-order valence-corrected chi connectivity index (χ2v) is 4.10. The average Bonchev–Trinajstić information content (AvgIpc) is 2.73. The number of aliphatic hydroxyl groups excluding tert-OH is 1. The molecule has 0 bridgehead atoms. The van der Waals surface area contributed by atoms with Crippen molar-refractivity contribution in [1.29, 1.82) is 0 Å². The number of hydrogen-bond donors (Lipinski definition) is 1. The normalized spacial score (nSPS) is 12.7. The molecule has 0 spiro atoms. The molecule has 0 fully saturated rings. The molecule has 1 aromatic heterocycles. The summed E-state index contributed by atoms with van der Waals surface area (Å²) in [5.41, 5.74) is 1.65. The highest BCUT2D eigenvalue weighted by Gasteiger charge is 2.17. The van der Waals surface area contributed by atoms with Gasteiger partial charge in [-0.2, -0.15) is 5.10 Å². The zero-order valence-electron chi connectivity index (χ0n) is 10.2. The molecule has 0 radical (unpaired) electrons. The lowest BCUT2D eigenvalue weighted by Crippen LogP contribution is -2.09. The Balaban J connectivity index is 2.40. The number of hydrogen-bond acceptors (Lipinski definition) is 2. The number of aromatic nitrogens is 2. The molecule has 3 nitrogen and oxygen atoms in total. The van der Waals surface area contributed by atoms with Crippen LogP contribution >= 0.6 is 0 Å². The first kappa shape index (κ1) is 12.7. The standard InChI is InChI=1S/C13H14F2N2O/c1-3-17-12(6-8(2)16-17)13(18)9-4-5-10(14)11(15)7-9/h4-7,13,18H,3H2,1-2H3. The van der Waals surface area contributed by atoms with Crippen LogP contribution in [0.5, 0.6) is 0 Å². The Morgan fingerprint density at radius 3 is 2.61 bits per heavy atom. The molecule has 2 aromatic rings. The van der Waals surface area contributed by atoms with Crippen LogP contribution < -0.4 is 0 Å². The van der Waals surface area contributed by atoms with Gasteiger partial charge in [0, 0.05) is 6.54 Å². The van der Waals surface area contributed by atoms with E-state index in [4.69, 9.17) is 0 Å². The summed E-state index contributed by atoms with van der Waals surface area (Å²) in [6, 6.07) is 5.11. The highest BCUT2D eigenvalue weighted by molar-refractivity contribution is 5.27. The molecule has 0 aliphatic rings. The van der Waals surface area contributed by atoms with Gasteiger partial charge in [0.2, 0.25) is 0 Å². The van der Waals surface area contributed by atoms with Gasteiger partial charge in [-0.15, -0.1) is 0 Å². The van der Waals surface area contributed by atoms with Gasteiger partial charge >= 0.3 is 0 Å². The van der Waals surface area contributed by atoms with Crippen LogP contribution in [0, 0.1) is 18.6 Å².